The van der Waals surface area contributed by atoms with E-state index < -0.39 is 5.41 Å². The second kappa shape index (κ2) is 14.3. The van der Waals surface area contributed by atoms with Crippen LogP contribution in [0.2, 0.25) is 0 Å². The van der Waals surface area contributed by atoms with E-state index in [1.807, 2.05) is 17.4 Å². The van der Waals surface area contributed by atoms with Crippen LogP contribution in [0.25, 0.3) is 75.5 Å². The van der Waals surface area contributed by atoms with E-state index in [1.54, 1.807) is 0 Å². The lowest BCUT2D eigenvalue weighted by Gasteiger charge is -2.33. The zero-order valence-electron chi connectivity index (χ0n) is 37.1. The average molecular weight is 874 g/mol. The van der Waals surface area contributed by atoms with Gasteiger partial charge in [0, 0.05) is 59.5 Å². The van der Waals surface area contributed by atoms with Gasteiger partial charge in [-0.25, -0.2) is 0 Å². The molecule has 0 aliphatic heterocycles. The van der Waals surface area contributed by atoms with Crippen molar-refractivity contribution in [1.82, 2.24) is 0 Å². The van der Waals surface area contributed by atoms with Gasteiger partial charge in [0.05, 0.1) is 5.41 Å². The normalized spacial score (nSPS) is 14.1. The fourth-order valence-electron chi connectivity index (χ4n) is 11.9. The third-order valence-corrected chi connectivity index (χ3v) is 16.1. The highest BCUT2D eigenvalue weighted by molar-refractivity contribution is 7.26. The molecule has 316 valence electrons. The summed E-state index contributed by atoms with van der Waals surface area (Å²) in [4.78, 5) is 2.39. The summed E-state index contributed by atoms with van der Waals surface area (Å²) >= 11 is 1.89. The molecule has 0 N–H and O–H groups in total. The molecule has 14 rings (SSSR count). The van der Waals surface area contributed by atoms with Crippen LogP contribution in [0, 0.1) is 0 Å². The largest absolute Gasteiger partial charge is 0.456 e. The number of hydrogen-bond acceptors (Lipinski definition) is 3. The first-order chi connectivity index (χ1) is 33.0. The van der Waals surface area contributed by atoms with Gasteiger partial charge >= 0.3 is 0 Å². The van der Waals surface area contributed by atoms with Crippen LogP contribution in [0.15, 0.2) is 229 Å². The van der Waals surface area contributed by atoms with Crippen molar-refractivity contribution in [1.29, 1.82) is 0 Å². The van der Waals surface area contributed by atoms with Crippen molar-refractivity contribution in [3.63, 3.8) is 0 Å². The molecule has 0 saturated carbocycles. The van der Waals surface area contributed by atoms with E-state index in [4.69, 9.17) is 4.42 Å². The Labute approximate surface area is 393 Å². The Morgan fingerprint density at radius 2 is 0.955 bits per heavy atom. The Balaban J connectivity index is 0.901. The van der Waals surface area contributed by atoms with Gasteiger partial charge in [-0.05, 0) is 121 Å². The minimum absolute atomic E-state index is 0.128. The molecule has 3 heteroatoms. The number of anilines is 3. The summed E-state index contributed by atoms with van der Waals surface area (Å²) in [5, 5.41) is 4.84. The van der Waals surface area contributed by atoms with E-state index in [1.165, 1.54) is 86.9 Å². The van der Waals surface area contributed by atoms with Gasteiger partial charge in [0.1, 0.15) is 11.2 Å². The Bertz CT molecular complexity index is 3920. The molecule has 2 aliphatic carbocycles. The second-order valence-electron chi connectivity index (χ2n) is 18.8. The molecular formula is C64H43NOS. The van der Waals surface area contributed by atoms with Crippen LogP contribution < -0.4 is 4.90 Å². The summed E-state index contributed by atoms with van der Waals surface area (Å²) in [5.41, 5.74) is 20.1. The predicted octanol–water partition coefficient (Wildman–Crippen LogP) is 17.8. The van der Waals surface area contributed by atoms with E-state index in [0.717, 1.165) is 39.0 Å². The van der Waals surface area contributed by atoms with Crippen LogP contribution >= 0.6 is 11.3 Å². The number of furan rings is 1. The smallest absolute Gasteiger partial charge is 0.137 e. The summed E-state index contributed by atoms with van der Waals surface area (Å²) in [7, 11) is 0. The molecule has 12 aromatic rings. The van der Waals surface area contributed by atoms with Crippen molar-refractivity contribution >= 4 is 70.5 Å². The highest BCUT2D eigenvalue weighted by Gasteiger charge is 2.46. The van der Waals surface area contributed by atoms with Gasteiger partial charge in [-0.15, -0.1) is 11.3 Å². The SMILES string of the molecule is CC1(C)c2ccccc2-c2ccc(N(c3ccc(-c4cccc5sc6cc(C7(c8ccccc8)c8ccccc8-c8ccccc87)ccc6c45)cc3)c3ccc4c(c3)oc3ccccc34)cc21. The topological polar surface area (TPSA) is 16.4 Å². The van der Waals surface area contributed by atoms with Gasteiger partial charge in [0.2, 0.25) is 0 Å². The van der Waals surface area contributed by atoms with E-state index in [-0.39, 0.29) is 5.41 Å². The second-order valence-corrected chi connectivity index (χ2v) is 19.8. The molecule has 2 aliphatic rings. The maximum atomic E-state index is 6.48. The van der Waals surface area contributed by atoms with Crippen molar-refractivity contribution in [2.45, 2.75) is 24.7 Å². The summed E-state index contributed by atoms with van der Waals surface area (Å²) in [6.45, 7) is 4.70. The van der Waals surface area contributed by atoms with Crippen molar-refractivity contribution in [2.75, 3.05) is 4.90 Å². The molecule has 10 aromatic carbocycles. The maximum absolute atomic E-state index is 6.48. The number of fused-ring (bicyclic) bond motifs is 12. The first kappa shape index (κ1) is 38.3. The average Bonchev–Trinajstić information content (AvgIpc) is 4.10. The number of thiophene rings is 1. The Hall–Kier alpha value is -7.98. The summed E-state index contributed by atoms with van der Waals surface area (Å²) < 4.78 is 9.06. The van der Waals surface area contributed by atoms with Crippen LogP contribution in [0.3, 0.4) is 0 Å². The Morgan fingerprint density at radius 3 is 1.73 bits per heavy atom. The molecule has 0 radical (unpaired) electrons. The zero-order valence-corrected chi connectivity index (χ0v) is 37.9. The van der Waals surface area contributed by atoms with Gasteiger partial charge < -0.3 is 9.32 Å². The molecule has 0 fully saturated rings. The van der Waals surface area contributed by atoms with Gasteiger partial charge in [-0.2, -0.15) is 0 Å². The van der Waals surface area contributed by atoms with Crippen molar-refractivity contribution in [3.8, 4) is 33.4 Å². The first-order valence-electron chi connectivity index (χ1n) is 23.2. The maximum Gasteiger partial charge on any atom is 0.137 e. The Kier molecular flexibility index (Phi) is 8.15. The number of nitrogens with zero attached hydrogens (tertiary/aromatic N) is 1. The minimum Gasteiger partial charge on any atom is -0.456 e. The van der Waals surface area contributed by atoms with E-state index in [2.05, 4.69) is 237 Å². The lowest BCUT2D eigenvalue weighted by atomic mass is 9.67. The van der Waals surface area contributed by atoms with E-state index >= 15 is 0 Å². The van der Waals surface area contributed by atoms with Crippen LogP contribution in [-0.4, -0.2) is 0 Å². The third-order valence-electron chi connectivity index (χ3n) is 15.0. The molecule has 0 bridgehead atoms. The van der Waals surface area contributed by atoms with Crippen LogP contribution in [0.4, 0.5) is 17.1 Å². The molecule has 0 unspecified atom stereocenters. The summed E-state index contributed by atoms with van der Waals surface area (Å²) in [6.07, 6.45) is 0. The molecule has 2 aromatic heterocycles. The van der Waals surface area contributed by atoms with E-state index in [9.17, 15) is 0 Å². The molecule has 0 amide bonds. The highest BCUT2D eigenvalue weighted by Crippen LogP contribution is 2.57. The van der Waals surface area contributed by atoms with Gasteiger partial charge in [0.15, 0.2) is 0 Å². The Morgan fingerprint density at radius 1 is 0.373 bits per heavy atom. The molecule has 0 saturated heterocycles. The number of hydrogen-bond donors (Lipinski definition) is 0. The molecule has 0 atom stereocenters. The van der Waals surface area contributed by atoms with Crippen LogP contribution in [0.1, 0.15) is 47.2 Å². The lowest BCUT2D eigenvalue weighted by Crippen LogP contribution is -2.28. The molecule has 0 spiro atoms. The zero-order chi connectivity index (χ0) is 44.4. The van der Waals surface area contributed by atoms with Gasteiger partial charge in [-0.3, -0.25) is 0 Å². The predicted molar refractivity (Wildman–Crippen MR) is 282 cm³/mol. The first-order valence-corrected chi connectivity index (χ1v) is 24.1. The lowest BCUT2D eigenvalue weighted by molar-refractivity contribution is 0.660. The standard InChI is InChI=1S/C64H43NOS/c1-63(2)54-22-10-6-17-47(54)50-35-32-44(38-57(50)63)65(45-33-36-52-51-20-9-13-25-58(51)66-59(52)39-45)43-30-27-40(28-31-43)46-21-14-26-60-62(46)53-34-29-42(37-61(53)67-60)64(41-15-4-3-5-16-41)55-23-11-7-18-48(55)49-19-8-12-24-56(49)64/h3-39H,1-2H3. The van der Waals surface area contributed by atoms with Crippen molar-refractivity contribution in [2.24, 2.45) is 0 Å². The number of para-hydroxylation sites is 1. The quantitative estimate of drug-likeness (QED) is 0.165. The van der Waals surface area contributed by atoms with Crippen LogP contribution in [0.5, 0.6) is 0 Å². The fraction of sp³-hybridized carbons (Fsp3) is 0.0625. The minimum atomic E-state index is -0.434. The number of benzene rings is 10. The molecule has 2 heterocycles. The third kappa shape index (κ3) is 5.44. The molecule has 2 nitrogen and oxygen atoms in total. The van der Waals surface area contributed by atoms with Crippen molar-refractivity contribution < 1.29 is 4.42 Å². The summed E-state index contributed by atoms with van der Waals surface area (Å²) in [5.74, 6) is 0. The van der Waals surface area contributed by atoms with Crippen LogP contribution in [-0.2, 0) is 10.8 Å². The number of rotatable bonds is 6. The van der Waals surface area contributed by atoms with Gasteiger partial charge in [-0.1, -0.05) is 178 Å². The van der Waals surface area contributed by atoms with Crippen molar-refractivity contribution in [3.05, 3.63) is 258 Å². The highest BCUT2D eigenvalue weighted by atomic mass is 32.1. The van der Waals surface area contributed by atoms with Gasteiger partial charge in [0.25, 0.3) is 0 Å². The fourth-order valence-corrected chi connectivity index (χ4v) is 13.1. The summed E-state index contributed by atoms with van der Waals surface area (Å²) in [6, 6.07) is 83.2. The van der Waals surface area contributed by atoms with E-state index in [0.29, 0.717) is 0 Å². The monoisotopic (exact) mass is 873 g/mol. The molecule has 67 heavy (non-hydrogen) atoms. The molecular weight excluding hydrogens is 831 g/mol.